The van der Waals surface area contributed by atoms with Crippen LogP contribution in [0.25, 0.3) is 0 Å². The Morgan fingerprint density at radius 3 is 2.52 bits per heavy atom. The van der Waals surface area contributed by atoms with Gasteiger partial charge in [0, 0.05) is 10.2 Å². The van der Waals surface area contributed by atoms with Crippen molar-refractivity contribution in [3.63, 3.8) is 0 Å². The summed E-state index contributed by atoms with van der Waals surface area (Å²) in [6, 6.07) is 6.02. The van der Waals surface area contributed by atoms with Crippen LogP contribution in [-0.4, -0.2) is 24.5 Å². The number of anilines is 1. The smallest absolute Gasteiger partial charge is 0.354 e. The molecule has 3 N–H and O–H groups in total. The number of carboxylic acids is 1. The first-order chi connectivity index (χ1) is 9.70. The quantitative estimate of drug-likeness (QED) is 0.767. The molecule has 0 unspecified atom stereocenters. The van der Waals surface area contributed by atoms with Crippen LogP contribution in [0, 0.1) is 13.8 Å². The highest BCUT2D eigenvalue weighted by Crippen LogP contribution is 2.24. The summed E-state index contributed by atoms with van der Waals surface area (Å²) in [5.74, 6) is -1.23. The van der Waals surface area contributed by atoms with E-state index >= 15 is 0 Å². The Morgan fingerprint density at radius 2 is 1.95 bits per heavy atom. The number of aryl methyl sites for hydroxylation is 2. The molecule has 1 aromatic carbocycles. The molecular formula is C13H13BrN2O4S. The van der Waals surface area contributed by atoms with Gasteiger partial charge in [-0.05, 0) is 43.7 Å². The lowest BCUT2D eigenvalue weighted by atomic mass is 10.2. The van der Waals surface area contributed by atoms with Crippen molar-refractivity contribution < 1.29 is 18.3 Å². The van der Waals surface area contributed by atoms with Crippen LogP contribution in [0.2, 0.25) is 0 Å². The van der Waals surface area contributed by atoms with E-state index in [9.17, 15) is 13.2 Å². The zero-order chi connectivity index (χ0) is 15.8. The van der Waals surface area contributed by atoms with Gasteiger partial charge in [-0.25, -0.2) is 13.2 Å². The van der Waals surface area contributed by atoms with Crippen LogP contribution in [0.4, 0.5) is 5.69 Å². The van der Waals surface area contributed by atoms with Crippen LogP contribution in [0.3, 0.4) is 0 Å². The zero-order valence-electron chi connectivity index (χ0n) is 11.3. The van der Waals surface area contributed by atoms with Crippen LogP contribution in [0.15, 0.2) is 33.6 Å². The van der Waals surface area contributed by atoms with Crippen molar-refractivity contribution in [3.8, 4) is 0 Å². The van der Waals surface area contributed by atoms with Gasteiger partial charge in [-0.1, -0.05) is 15.9 Å². The third-order valence-corrected chi connectivity index (χ3v) is 5.10. The van der Waals surface area contributed by atoms with Gasteiger partial charge < -0.3 is 10.1 Å². The summed E-state index contributed by atoms with van der Waals surface area (Å²) < 4.78 is 27.7. The van der Waals surface area contributed by atoms with E-state index in [0.717, 1.165) is 10.0 Å². The first kappa shape index (κ1) is 15.6. The van der Waals surface area contributed by atoms with Crippen molar-refractivity contribution in [1.29, 1.82) is 0 Å². The van der Waals surface area contributed by atoms with Crippen LogP contribution in [0.5, 0.6) is 0 Å². The van der Waals surface area contributed by atoms with E-state index < -0.39 is 16.0 Å². The number of aromatic nitrogens is 1. The minimum atomic E-state index is -3.85. The maximum atomic E-state index is 12.3. The second-order valence-electron chi connectivity index (χ2n) is 4.56. The highest BCUT2D eigenvalue weighted by Gasteiger charge is 2.20. The minimum Gasteiger partial charge on any atom is -0.477 e. The second-order valence-corrected chi connectivity index (χ2v) is 7.10. The van der Waals surface area contributed by atoms with Crippen molar-refractivity contribution >= 4 is 37.6 Å². The van der Waals surface area contributed by atoms with Crippen molar-refractivity contribution in [1.82, 2.24) is 4.98 Å². The summed E-state index contributed by atoms with van der Waals surface area (Å²) in [5.41, 5.74) is 1.14. The van der Waals surface area contributed by atoms with Gasteiger partial charge >= 0.3 is 5.97 Å². The number of hydrogen-bond donors (Lipinski definition) is 3. The number of carboxylic acid groups (broad SMARTS) is 1. The van der Waals surface area contributed by atoms with Gasteiger partial charge in [0.25, 0.3) is 10.0 Å². The number of aromatic amines is 1. The molecule has 21 heavy (non-hydrogen) atoms. The monoisotopic (exact) mass is 372 g/mol. The second kappa shape index (κ2) is 5.53. The molecule has 0 atom stereocenters. The number of hydrogen-bond acceptors (Lipinski definition) is 3. The third kappa shape index (κ3) is 3.27. The summed E-state index contributed by atoms with van der Waals surface area (Å²) in [6.07, 6.45) is 0. The van der Waals surface area contributed by atoms with Crippen molar-refractivity contribution in [3.05, 3.63) is 45.7 Å². The highest BCUT2D eigenvalue weighted by atomic mass is 79.9. The highest BCUT2D eigenvalue weighted by molar-refractivity contribution is 9.10. The molecule has 0 spiro atoms. The number of halogens is 1. The molecule has 0 aliphatic heterocycles. The Hall–Kier alpha value is -1.80. The van der Waals surface area contributed by atoms with Crippen molar-refractivity contribution in [2.75, 3.05) is 4.72 Å². The fourth-order valence-electron chi connectivity index (χ4n) is 1.83. The van der Waals surface area contributed by atoms with Crippen molar-refractivity contribution in [2.24, 2.45) is 0 Å². The Morgan fingerprint density at radius 1 is 1.29 bits per heavy atom. The standard InChI is InChI=1S/C13H13BrN2O4S/c1-7-5-9(3-4-10(7)14)21(19,20)16-11-6-8(2)15-12(11)13(17)18/h3-6,15-16H,1-2H3,(H,17,18). The number of carbonyl (C=O) groups is 1. The normalized spacial score (nSPS) is 11.4. The topological polar surface area (TPSA) is 99.3 Å². The Labute approximate surface area is 130 Å². The number of rotatable bonds is 4. The SMILES string of the molecule is Cc1cc(NS(=O)(=O)c2ccc(Br)c(C)c2)c(C(=O)O)[nH]1. The Balaban J connectivity index is 2.42. The number of sulfonamides is 1. The average molecular weight is 373 g/mol. The predicted octanol–water partition coefficient (Wildman–Crippen LogP) is 2.89. The maximum Gasteiger partial charge on any atom is 0.354 e. The van der Waals surface area contributed by atoms with Crippen LogP contribution >= 0.6 is 15.9 Å². The average Bonchev–Trinajstić information content (AvgIpc) is 2.73. The molecular weight excluding hydrogens is 360 g/mol. The van der Waals surface area contributed by atoms with Gasteiger partial charge in [0.2, 0.25) is 0 Å². The third-order valence-electron chi connectivity index (χ3n) is 2.85. The van der Waals surface area contributed by atoms with E-state index in [1.54, 1.807) is 19.9 Å². The first-order valence-corrected chi connectivity index (χ1v) is 8.20. The lowest BCUT2D eigenvalue weighted by molar-refractivity contribution is 0.0692. The van der Waals surface area contributed by atoms with E-state index in [2.05, 4.69) is 25.6 Å². The summed E-state index contributed by atoms with van der Waals surface area (Å²) in [4.78, 5) is 13.8. The molecule has 0 saturated heterocycles. The minimum absolute atomic E-state index is 0.0144. The van der Waals surface area contributed by atoms with Crippen LogP contribution < -0.4 is 4.72 Å². The van der Waals surface area contributed by atoms with E-state index in [-0.39, 0.29) is 16.3 Å². The molecule has 0 aliphatic rings. The predicted molar refractivity (Wildman–Crippen MR) is 82.2 cm³/mol. The molecule has 0 bridgehead atoms. The Bertz CT molecular complexity index is 812. The van der Waals surface area contributed by atoms with Gasteiger partial charge in [0.05, 0.1) is 10.6 Å². The van der Waals surface area contributed by atoms with Crippen LogP contribution in [-0.2, 0) is 10.0 Å². The molecule has 0 radical (unpaired) electrons. The molecule has 1 aromatic heterocycles. The number of H-pyrrole nitrogens is 1. The molecule has 0 aliphatic carbocycles. The number of benzene rings is 1. The van der Waals surface area contributed by atoms with E-state index in [4.69, 9.17) is 5.11 Å². The summed E-state index contributed by atoms with van der Waals surface area (Å²) in [7, 11) is -3.85. The molecule has 0 amide bonds. The number of nitrogens with one attached hydrogen (secondary N) is 2. The molecule has 2 aromatic rings. The molecule has 112 valence electrons. The molecule has 0 fully saturated rings. The zero-order valence-corrected chi connectivity index (χ0v) is 13.7. The van der Waals surface area contributed by atoms with Gasteiger partial charge in [-0.15, -0.1) is 0 Å². The van der Waals surface area contributed by atoms with Crippen molar-refractivity contribution in [2.45, 2.75) is 18.7 Å². The van der Waals surface area contributed by atoms with Crippen LogP contribution in [0.1, 0.15) is 21.7 Å². The van der Waals surface area contributed by atoms with E-state index in [1.807, 2.05) is 0 Å². The maximum absolute atomic E-state index is 12.3. The van der Waals surface area contributed by atoms with E-state index in [0.29, 0.717) is 5.69 Å². The summed E-state index contributed by atoms with van der Waals surface area (Å²) in [6.45, 7) is 3.42. The van der Waals surface area contributed by atoms with E-state index in [1.165, 1.54) is 18.2 Å². The summed E-state index contributed by atoms with van der Waals surface area (Å²) >= 11 is 3.30. The van der Waals surface area contributed by atoms with Gasteiger partial charge in [0.15, 0.2) is 0 Å². The van der Waals surface area contributed by atoms with Gasteiger partial charge in [0.1, 0.15) is 5.69 Å². The largest absolute Gasteiger partial charge is 0.477 e. The lowest BCUT2D eigenvalue weighted by Gasteiger charge is -2.09. The van der Waals surface area contributed by atoms with Gasteiger partial charge in [-0.3, -0.25) is 4.72 Å². The fraction of sp³-hybridized carbons (Fsp3) is 0.154. The molecule has 8 heteroatoms. The lowest BCUT2D eigenvalue weighted by Crippen LogP contribution is -2.15. The first-order valence-electron chi connectivity index (χ1n) is 5.92. The molecule has 1 heterocycles. The molecule has 6 nitrogen and oxygen atoms in total. The molecule has 0 saturated carbocycles. The van der Waals surface area contributed by atoms with Gasteiger partial charge in [-0.2, -0.15) is 0 Å². The molecule has 2 rings (SSSR count). The Kier molecular flexibility index (Phi) is 4.11. The fourth-order valence-corrected chi connectivity index (χ4v) is 3.22. The number of aromatic carboxylic acids is 1. The summed E-state index contributed by atoms with van der Waals surface area (Å²) in [5, 5.41) is 9.05.